The Hall–Kier alpha value is -7.43. The molecule has 10 rings (SSSR count). The van der Waals surface area contributed by atoms with Gasteiger partial charge in [0.2, 0.25) is 0 Å². The number of hydrogen-bond acceptors (Lipinski definition) is 1. The number of nitrogens with zero attached hydrogens (tertiary/aromatic N) is 3. The van der Waals surface area contributed by atoms with Crippen LogP contribution in [0, 0.1) is 44.8 Å². The van der Waals surface area contributed by atoms with Crippen molar-refractivity contribution >= 4 is 43.6 Å². The summed E-state index contributed by atoms with van der Waals surface area (Å²) in [6.07, 6.45) is -4.91. The minimum absolute atomic E-state index is 0.00602. The zero-order valence-electron chi connectivity index (χ0n) is 33.8. The van der Waals surface area contributed by atoms with Gasteiger partial charge in [-0.15, -0.1) is 0 Å². The number of nitriles is 1. The fraction of sp³-hybridized carbons (Fsp3) is 0.0926. The molecule has 0 spiro atoms. The molecule has 0 aliphatic carbocycles. The van der Waals surface area contributed by atoms with Crippen LogP contribution in [0.2, 0.25) is 0 Å². The van der Waals surface area contributed by atoms with Gasteiger partial charge in [-0.25, -0.2) is 4.39 Å². The smallest absolute Gasteiger partial charge is 0.308 e. The van der Waals surface area contributed by atoms with Crippen molar-refractivity contribution in [1.82, 2.24) is 9.13 Å². The van der Waals surface area contributed by atoms with E-state index in [2.05, 4.69) is 82.3 Å². The van der Waals surface area contributed by atoms with Crippen LogP contribution in [-0.4, -0.2) is 9.13 Å². The molecule has 0 saturated heterocycles. The van der Waals surface area contributed by atoms with E-state index in [1.807, 2.05) is 81.9 Å². The van der Waals surface area contributed by atoms with Crippen LogP contribution in [0.15, 0.2) is 152 Å². The predicted octanol–water partition coefficient (Wildman–Crippen LogP) is 15.1. The minimum Gasteiger partial charge on any atom is -0.308 e. The average molecular weight is 804 g/mol. The Kier molecular flexibility index (Phi) is 8.74. The summed E-state index contributed by atoms with van der Waals surface area (Å²) in [6, 6.07) is 48.8. The third-order valence-corrected chi connectivity index (χ3v) is 11.7. The highest BCUT2D eigenvalue weighted by Crippen LogP contribution is 2.48. The number of alkyl halides is 3. The van der Waals surface area contributed by atoms with Gasteiger partial charge < -0.3 is 9.13 Å². The minimum atomic E-state index is -4.91. The molecule has 0 amide bonds. The molecule has 0 unspecified atom stereocenters. The fourth-order valence-corrected chi connectivity index (χ4v) is 9.41. The quantitative estimate of drug-likeness (QED) is 0.160. The summed E-state index contributed by atoms with van der Waals surface area (Å²) >= 11 is 0. The summed E-state index contributed by atoms with van der Waals surface area (Å²) in [4.78, 5) is 0. The first-order valence-electron chi connectivity index (χ1n) is 20.1. The maximum absolute atomic E-state index is 16.8. The molecule has 2 heterocycles. The van der Waals surface area contributed by atoms with Gasteiger partial charge in [0.1, 0.15) is 5.82 Å². The summed E-state index contributed by atoms with van der Waals surface area (Å²) in [5.74, 6) is -1.03. The van der Waals surface area contributed by atoms with Crippen molar-refractivity contribution in [3.8, 4) is 50.8 Å². The number of hydrogen-bond donors (Lipinski definition) is 0. The summed E-state index contributed by atoms with van der Waals surface area (Å²) in [5, 5.41) is 14.2. The van der Waals surface area contributed by atoms with Crippen LogP contribution in [0.25, 0.3) is 88.4 Å². The number of para-hydroxylation sites is 2. The molecule has 3 nitrogen and oxygen atoms in total. The van der Waals surface area contributed by atoms with Crippen LogP contribution in [0.3, 0.4) is 0 Å². The lowest BCUT2D eigenvalue weighted by Crippen LogP contribution is -2.12. The summed E-state index contributed by atoms with van der Waals surface area (Å²) in [7, 11) is 0. The highest BCUT2D eigenvalue weighted by molar-refractivity contribution is 6.13. The standard InChI is InChI=1S/C54H37F4N3/c1-31-20-32(2)23-38(22-31)36-16-18-48-42(28-36)40-10-5-7-14-46(40)60(48)50-26-35(30-59)27-51(53(50)52-44(54(56,57)58)12-9-13-45(52)55)61-47-15-8-6-11-41(47)43-29-37(17-19-49(43)61)39-24-33(3)21-34(4)25-39/h5-29H,1-4H3. The fourth-order valence-electron chi connectivity index (χ4n) is 9.41. The Morgan fingerprint density at radius 1 is 0.443 bits per heavy atom. The van der Waals surface area contributed by atoms with Gasteiger partial charge in [0.25, 0.3) is 0 Å². The molecule has 0 atom stereocenters. The Morgan fingerprint density at radius 2 is 0.885 bits per heavy atom. The monoisotopic (exact) mass is 803 g/mol. The highest BCUT2D eigenvalue weighted by atomic mass is 19.4. The van der Waals surface area contributed by atoms with Crippen LogP contribution in [0.5, 0.6) is 0 Å². The van der Waals surface area contributed by atoms with Crippen LogP contribution in [-0.2, 0) is 6.18 Å². The largest absolute Gasteiger partial charge is 0.417 e. The molecule has 0 aliphatic heterocycles. The molecule has 0 bridgehead atoms. The number of rotatable bonds is 5. The summed E-state index contributed by atoms with van der Waals surface area (Å²) in [6.45, 7) is 8.23. The van der Waals surface area contributed by atoms with Crippen LogP contribution >= 0.6 is 0 Å². The molecule has 2 aromatic heterocycles. The molecule has 0 saturated carbocycles. The molecule has 8 aromatic carbocycles. The molecule has 296 valence electrons. The first-order valence-corrected chi connectivity index (χ1v) is 20.1. The van der Waals surface area contributed by atoms with Gasteiger partial charge in [-0.1, -0.05) is 113 Å². The Labute approximate surface area is 350 Å². The second kappa shape index (κ2) is 14.1. The molecule has 0 radical (unpaired) electrons. The number of benzene rings is 8. The van der Waals surface area contributed by atoms with E-state index in [0.29, 0.717) is 22.1 Å². The lowest BCUT2D eigenvalue weighted by atomic mass is 9.93. The number of halogens is 4. The summed E-state index contributed by atoms with van der Waals surface area (Å²) in [5.41, 5.74) is 10.3. The molecular weight excluding hydrogens is 767 g/mol. The zero-order valence-corrected chi connectivity index (χ0v) is 33.8. The molecule has 61 heavy (non-hydrogen) atoms. The second-order valence-electron chi connectivity index (χ2n) is 16.1. The van der Waals surface area contributed by atoms with Crippen LogP contribution in [0.4, 0.5) is 17.6 Å². The molecule has 0 fully saturated rings. The normalized spacial score (nSPS) is 11.9. The number of aromatic nitrogens is 2. The highest BCUT2D eigenvalue weighted by Gasteiger charge is 2.37. The van der Waals surface area contributed by atoms with E-state index in [4.69, 9.17) is 0 Å². The maximum Gasteiger partial charge on any atom is 0.417 e. The number of fused-ring (bicyclic) bond motifs is 6. The molecule has 10 aromatic rings. The van der Waals surface area contributed by atoms with E-state index in [9.17, 15) is 5.26 Å². The van der Waals surface area contributed by atoms with Crippen molar-refractivity contribution in [1.29, 1.82) is 5.26 Å². The van der Waals surface area contributed by atoms with E-state index in [0.717, 1.165) is 84.3 Å². The van der Waals surface area contributed by atoms with Crippen molar-refractivity contribution < 1.29 is 17.6 Å². The van der Waals surface area contributed by atoms with Gasteiger partial charge in [0.15, 0.2) is 0 Å². The van der Waals surface area contributed by atoms with Gasteiger partial charge in [0.05, 0.1) is 50.6 Å². The van der Waals surface area contributed by atoms with E-state index < -0.39 is 23.1 Å². The van der Waals surface area contributed by atoms with Crippen LogP contribution < -0.4 is 0 Å². The van der Waals surface area contributed by atoms with Crippen molar-refractivity contribution in [3.05, 3.63) is 191 Å². The van der Waals surface area contributed by atoms with Gasteiger partial charge in [-0.05, 0) is 111 Å². The van der Waals surface area contributed by atoms with Crippen molar-refractivity contribution in [2.45, 2.75) is 33.9 Å². The van der Waals surface area contributed by atoms with Crippen LogP contribution in [0.1, 0.15) is 33.4 Å². The van der Waals surface area contributed by atoms with E-state index >= 15 is 17.6 Å². The first-order chi connectivity index (χ1) is 29.4. The second-order valence-corrected chi connectivity index (χ2v) is 16.1. The topological polar surface area (TPSA) is 33.6 Å². The Bertz CT molecular complexity index is 3250. The molecule has 7 heteroatoms. The first kappa shape index (κ1) is 37.8. The average Bonchev–Trinajstić information content (AvgIpc) is 3.74. The van der Waals surface area contributed by atoms with Gasteiger partial charge in [0, 0.05) is 32.7 Å². The lowest BCUT2D eigenvalue weighted by Gasteiger charge is -2.23. The lowest BCUT2D eigenvalue weighted by molar-refractivity contribution is -0.137. The van der Waals surface area contributed by atoms with Crippen molar-refractivity contribution in [3.63, 3.8) is 0 Å². The van der Waals surface area contributed by atoms with Gasteiger partial charge >= 0.3 is 6.18 Å². The SMILES string of the molecule is Cc1cc(C)cc(-c2ccc3c(c2)c2ccccc2n3-c2cc(C#N)cc(-n3c4ccccc4c4cc(-c5cc(C)cc(C)c5)ccc43)c2-c2c(F)cccc2C(F)(F)F)c1. The summed E-state index contributed by atoms with van der Waals surface area (Å²) < 4.78 is 66.5. The third-order valence-electron chi connectivity index (χ3n) is 11.7. The Morgan fingerprint density at radius 3 is 1.33 bits per heavy atom. The molecule has 0 aliphatic rings. The zero-order chi connectivity index (χ0) is 42.3. The van der Waals surface area contributed by atoms with E-state index in [1.54, 1.807) is 12.1 Å². The number of aryl methyl sites for hydroxylation is 4. The molecular formula is C54H37F4N3. The van der Waals surface area contributed by atoms with Crippen molar-refractivity contribution in [2.24, 2.45) is 0 Å². The van der Waals surface area contributed by atoms with E-state index in [-0.39, 0.29) is 22.5 Å². The van der Waals surface area contributed by atoms with Gasteiger partial charge in [-0.3, -0.25) is 0 Å². The van der Waals surface area contributed by atoms with Crippen molar-refractivity contribution in [2.75, 3.05) is 0 Å². The van der Waals surface area contributed by atoms with Gasteiger partial charge in [-0.2, -0.15) is 18.4 Å². The maximum atomic E-state index is 16.8. The van der Waals surface area contributed by atoms with E-state index in [1.165, 1.54) is 0 Å². The predicted molar refractivity (Wildman–Crippen MR) is 240 cm³/mol. The third kappa shape index (κ3) is 6.26. The Balaban J connectivity index is 1.35. The molecule has 0 N–H and O–H groups in total.